The number of nitrogens with one attached hydrogen (secondary N) is 3. The number of aromatic nitrogens is 4. The highest BCUT2D eigenvalue weighted by Crippen LogP contribution is 2.20. The van der Waals surface area contributed by atoms with Gasteiger partial charge in [-0.1, -0.05) is 0 Å². The highest BCUT2D eigenvalue weighted by atomic mass is 16.1. The lowest BCUT2D eigenvalue weighted by molar-refractivity contribution is 0.0940. The molecular weight excluding hydrogens is 292 g/mol. The molecule has 0 atom stereocenters. The fourth-order valence-electron chi connectivity index (χ4n) is 2.97. The average molecular weight is 314 g/mol. The second kappa shape index (κ2) is 6.36. The molecule has 0 spiro atoms. The van der Waals surface area contributed by atoms with Gasteiger partial charge in [-0.25, -0.2) is 9.97 Å². The molecule has 3 N–H and O–H groups in total. The normalized spacial score (nSPS) is 13.6. The second-order valence-electron chi connectivity index (χ2n) is 5.90. The van der Waals surface area contributed by atoms with Gasteiger partial charge in [0.15, 0.2) is 0 Å². The number of carbonyl (C=O) groups is 1. The summed E-state index contributed by atoms with van der Waals surface area (Å²) >= 11 is 0. The van der Waals surface area contributed by atoms with Crippen LogP contribution in [0.4, 0.5) is 5.82 Å². The third-order valence-corrected chi connectivity index (χ3v) is 4.17. The third kappa shape index (κ3) is 3.18. The molecule has 0 radical (unpaired) electrons. The van der Waals surface area contributed by atoms with Crippen LogP contribution in [0.2, 0.25) is 0 Å². The maximum absolute atomic E-state index is 11.9. The average Bonchev–Trinajstić information content (AvgIpc) is 2.84. The molecule has 0 aromatic carbocycles. The summed E-state index contributed by atoms with van der Waals surface area (Å²) in [7, 11) is 0. The molecule has 0 fully saturated rings. The summed E-state index contributed by atoms with van der Waals surface area (Å²) in [5.74, 6) is 1.30. The highest BCUT2D eigenvalue weighted by molar-refractivity contribution is 5.95. The first kappa shape index (κ1) is 15.5. The number of hydrogen-bond donors (Lipinski definition) is 3. The van der Waals surface area contributed by atoms with Gasteiger partial charge in [0.2, 0.25) is 0 Å². The van der Waals surface area contributed by atoms with Crippen LogP contribution in [0.1, 0.15) is 45.2 Å². The van der Waals surface area contributed by atoms with E-state index >= 15 is 0 Å². The maximum atomic E-state index is 11.9. The Labute approximate surface area is 135 Å². The standard InChI is InChI=1S/C16H22N6O/c1-9-12(10(2)22-21-9)5-4-7-17-15-13-6-8-18-16(23)14(13)19-11(3)20-15/h4-8H2,1-3H3,(H,18,23)(H,21,22)(H,17,19,20). The van der Waals surface area contributed by atoms with Crippen molar-refractivity contribution in [2.24, 2.45) is 0 Å². The number of amides is 1. The SMILES string of the molecule is Cc1nc(NCCCc2c(C)n[nH]c2C)c2c(n1)C(=O)NCC2. The van der Waals surface area contributed by atoms with Gasteiger partial charge in [-0.05, 0) is 45.6 Å². The fourth-order valence-corrected chi connectivity index (χ4v) is 2.97. The molecule has 3 rings (SSSR count). The Morgan fingerprint density at radius 1 is 1.22 bits per heavy atom. The lowest BCUT2D eigenvalue weighted by atomic mass is 10.1. The van der Waals surface area contributed by atoms with Gasteiger partial charge in [-0.2, -0.15) is 5.10 Å². The number of fused-ring (bicyclic) bond motifs is 1. The molecule has 2 aromatic rings. The highest BCUT2D eigenvalue weighted by Gasteiger charge is 2.22. The van der Waals surface area contributed by atoms with Gasteiger partial charge >= 0.3 is 0 Å². The third-order valence-electron chi connectivity index (χ3n) is 4.17. The largest absolute Gasteiger partial charge is 0.370 e. The van der Waals surface area contributed by atoms with Crippen molar-refractivity contribution in [3.05, 3.63) is 34.0 Å². The number of carbonyl (C=O) groups excluding carboxylic acids is 1. The first-order chi connectivity index (χ1) is 11.1. The predicted molar refractivity (Wildman–Crippen MR) is 87.7 cm³/mol. The monoisotopic (exact) mass is 314 g/mol. The van der Waals surface area contributed by atoms with E-state index in [0.29, 0.717) is 18.1 Å². The molecule has 0 unspecified atom stereocenters. The molecule has 0 saturated heterocycles. The molecule has 3 heterocycles. The van der Waals surface area contributed by atoms with E-state index in [1.165, 1.54) is 5.56 Å². The summed E-state index contributed by atoms with van der Waals surface area (Å²) in [5, 5.41) is 13.4. The quantitative estimate of drug-likeness (QED) is 0.726. The molecule has 7 nitrogen and oxygen atoms in total. The summed E-state index contributed by atoms with van der Waals surface area (Å²) in [6, 6.07) is 0. The smallest absolute Gasteiger partial charge is 0.270 e. The Morgan fingerprint density at radius 2 is 2.04 bits per heavy atom. The van der Waals surface area contributed by atoms with Crippen molar-refractivity contribution in [2.45, 2.75) is 40.0 Å². The summed E-state index contributed by atoms with van der Waals surface area (Å²) in [4.78, 5) is 20.7. The van der Waals surface area contributed by atoms with Crippen LogP contribution >= 0.6 is 0 Å². The van der Waals surface area contributed by atoms with Crippen LogP contribution in [0.3, 0.4) is 0 Å². The Kier molecular flexibility index (Phi) is 4.27. The lowest BCUT2D eigenvalue weighted by Crippen LogP contribution is -2.34. The van der Waals surface area contributed by atoms with Gasteiger partial charge < -0.3 is 10.6 Å². The van der Waals surface area contributed by atoms with Gasteiger partial charge in [-0.3, -0.25) is 9.89 Å². The van der Waals surface area contributed by atoms with Crippen LogP contribution < -0.4 is 10.6 Å². The molecule has 23 heavy (non-hydrogen) atoms. The molecular formula is C16H22N6O. The molecule has 122 valence electrons. The minimum atomic E-state index is -0.107. The van der Waals surface area contributed by atoms with Crippen molar-refractivity contribution < 1.29 is 4.79 Å². The second-order valence-corrected chi connectivity index (χ2v) is 5.90. The summed E-state index contributed by atoms with van der Waals surface area (Å²) in [6.07, 6.45) is 2.71. The van der Waals surface area contributed by atoms with E-state index in [0.717, 1.165) is 48.6 Å². The predicted octanol–water partition coefficient (Wildman–Crippen LogP) is 1.46. The van der Waals surface area contributed by atoms with Crippen LogP contribution in [0, 0.1) is 20.8 Å². The maximum Gasteiger partial charge on any atom is 0.270 e. The summed E-state index contributed by atoms with van der Waals surface area (Å²) in [6.45, 7) is 7.32. The van der Waals surface area contributed by atoms with E-state index < -0.39 is 0 Å². The topological polar surface area (TPSA) is 95.6 Å². The van der Waals surface area contributed by atoms with E-state index in [9.17, 15) is 4.79 Å². The molecule has 1 amide bonds. The van der Waals surface area contributed by atoms with Crippen LogP contribution in [-0.4, -0.2) is 39.2 Å². The van der Waals surface area contributed by atoms with Crippen LogP contribution in [0.5, 0.6) is 0 Å². The van der Waals surface area contributed by atoms with Crippen LogP contribution in [0.25, 0.3) is 0 Å². The van der Waals surface area contributed by atoms with E-state index in [2.05, 4.69) is 30.8 Å². The molecule has 0 aliphatic carbocycles. The Bertz CT molecular complexity index is 717. The van der Waals surface area contributed by atoms with Crippen molar-refractivity contribution in [3.8, 4) is 0 Å². The number of H-pyrrole nitrogens is 1. The number of anilines is 1. The van der Waals surface area contributed by atoms with E-state index in [1.54, 1.807) is 0 Å². The Balaban J connectivity index is 1.66. The first-order valence-corrected chi connectivity index (χ1v) is 7.96. The molecule has 2 aromatic heterocycles. The molecule has 1 aliphatic rings. The molecule has 1 aliphatic heterocycles. The number of nitrogens with zero attached hydrogens (tertiary/aromatic N) is 3. The molecule has 0 saturated carbocycles. The van der Waals surface area contributed by atoms with Gasteiger partial charge in [0.1, 0.15) is 17.3 Å². The minimum Gasteiger partial charge on any atom is -0.370 e. The van der Waals surface area contributed by atoms with Gasteiger partial charge in [0.05, 0.1) is 5.69 Å². The van der Waals surface area contributed by atoms with Crippen LogP contribution in [-0.2, 0) is 12.8 Å². The van der Waals surface area contributed by atoms with Crippen LogP contribution in [0.15, 0.2) is 0 Å². The zero-order valence-electron chi connectivity index (χ0n) is 13.8. The van der Waals surface area contributed by atoms with Crippen molar-refractivity contribution in [1.29, 1.82) is 0 Å². The fraction of sp³-hybridized carbons (Fsp3) is 0.500. The van der Waals surface area contributed by atoms with Crippen molar-refractivity contribution >= 4 is 11.7 Å². The van der Waals surface area contributed by atoms with Gasteiger partial charge in [-0.15, -0.1) is 0 Å². The van der Waals surface area contributed by atoms with Gasteiger partial charge in [0, 0.05) is 24.3 Å². The zero-order valence-corrected chi connectivity index (χ0v) is 13.8. The number of hydrogen-bond acceptors (Lipinski definition) is 5. The summed E-state index contributed by atoms with van der Waals surface area (Å²) < 4.78 is 0. The van der Waals surface area contributed by atoms with Crippen molar-refractivity contribution in [1.82, 2.24) is 25.5 Å². The first-order valence-electron chi connectivity index (χ1n) is 7.96. The van der Waals surface area contributed by atoms with E-state index in [4.69, 9.17) is 0 Å². The van der Waals surface area contributed by atoms with E-state index in [-0.39, 0.29) is 5.91 Å². The van der Waals surface area contributed by atoms with Gasteiger partial charge in [0.25, 0.3) is 5.91 Å². The number of rotatable bonds is 5. The molecule has 7 heteroatoms. The van der Waals surface area contributed by atoms with Crippen molar-refractivity contribution in [2.75, 3.05) is 18.4 Å². The zero-order chi connectivity index (χ0) is 16.4. The Hall–Kier alpha value is -2.44. The number of aryl methyl sites for hydroxylation is 3. The molecule has 0 bridgehead atoms. The lowest BCUT2D eigenvalue weighted by Gasteiger charge is -2.19. The van der Waals surface area contributed by atoms with Crippen molar-refractivity contribution in [3.63, 3.8) is 0 Å². The Morgan fingerprint density at radius 3 is 2.78 bits per heavy atom. The minimum absolute atomic E-state index is 0.107. The number of aromatic amines is 1. The summed E-state index contributed by atoms with van der Waals surface area (Å²) in [5.41, 5.74) is 4.92. The van der Waals surface area contributed by atoms with E-state index in [1.807, 2.05) is 20.8 Å².